The number of anilines is 1. The number of likely N-dealkylation sites (tertiary alicyclic amines) is 1. The molecule has 1 aliphatic rings. The van der Waals surface area contributed by atoms with Crippen LogP contribution in [0.5, 0.6) is 0 Å². The third-order valence-electron chi connectivity index (χ3n) is 6.27. The van der Waals surface area contributed by atoms with E-state index >= 15 is 0 Å². The number of carbonyl (C=O) groups is 3. The molecule has 2 aromatic carbocycles. The summed E-state index contributed by atoms with van der Waals surface area (Å²) in [5.41, 5.74) is 7.03. The molecule has 1 aromatic heterocycles. The number of nitrogen functional groups attached to an aromatic ring is 1. The maximum atomic E-state index is 13.3. The Balaban J connectivity index is 1.60. The van der Waals surface area contributed by atoms with E-state index in [1.165, 1.54) is 6.20 Å². The maximum Gasteiger partial charge on any atom is 0.328 e. The molecule has 3 aromatic rings. The highest BCUT2D eigenvalue weighted by atomic mass is 16.4. The van der Waals surface area contributed by atoms with Gasteiger partial charge in [0, 0.05) is 18.5 Å². The molecule has 2 atom stereocenters. The van der Waals surface area contributed by atoms with Crippen molar-refractivity contribution in [1.29, 1.82) is 0 Å². The summed E-state index contributed by atoms with van der Waals surface area (Å²) in [4.78, 5) is 43.5. The molecule has 1 saturated heterocycles. The van der Waals surface area contributed by atoms with Gasteiger partial charge in [-0.3, -0.25) is 14.5 Å². The number of nitrogens with two attached hydrogens (primary N) is 1. The highest BCUT2D eigenvalue weighted by Gasteiger charge is 2.63. The molecular formula is C26H25N3O4. The third-order valence-corrected chi connectivity index (χ3v) is 6.27. The summed E-state index contributed by atoms with van der Waals surface area (Å²) in [6.07, 6.45) is 1.65. The second-order valence-corrected chi connectivity index (χ2v) is 8.57. The highest BCUT2D eigenvalue weighted by Crippen LogP contribution is 2.43. The third kappa shape index (κ3) is 4.22. The zero-order chi connectivity index (χ0) is 23.6. The summed E-state index contributed by atoms with van der Waals surface area (Å²) < 4.78 is 0. The van der Waals surface area contributed by atoms with E-state index in [9.17, 15) is 19.5 Å². The Kier molecular flexibility index (Phi) is 5.96. The first-order valence-corrected chi connectivity index (χ1v) is 10.7. The van der Waals surface area contributed by atoms with Crippen LogP contribution >= 0.6 is 0 Å². The number of rotatable bonds is 7. The van der Waals surface area contributed by atoms with Crippen LogP contribution < -0.4 is 5.73 Å². The molecule has 0 saturated carbocycles. The van der Waals surface area contributed by atoms with Crippen LogP contribution in [0.4, 0.5) is 5.82 Å². The zero-order valence-electron chi connectivity index (χ0n) is 18.2. The Labute approximate surface area is 191 Å². The van der Waals surface area contributed by atoms with Crippen LogP contribution in [0.15, 0.2) is 79.0 Å². The summed E-state index contributed by atoms with van der Waals surface area (Å²) in [7, 11) is 0. The molecule has 1 fully saturated rings. The van der Waals surface area contributed by atoms with Crippen LogP contribution in [0, 0.1) is 5.41 Å². The van der Waals surface area contributed by atoms with Crippen molar-refractivity contribution in [3.05, 3.63) is 95.7 Å². The van der Waals surface area contributed by atoms with Crippen molar-refractivity contribution in [1.82, 2.24) is 9.88 Å². The summed E-state index contributed by atoms with van der Waals surface area (Å²) in [6, 6.07) is 21.1. The number of nitrogens with zero attached hydrogens (tertiary/aromatic N) is 2. The molecule has 7 nitrogen and oxygen atoms in total. The van der Waals surface area contributed by atoms with Gasteiger partial charge in [-0.25, -0.2) is 9.78 Å². The van der Waals surface area contributed by atoms with Crippen molar-refractivity contribution in [2.75, 3.05) is 5.73 Å². The minimum atomic E-state index is -1.25. The van der Waals surface area contributed by atoms with Crippen LogP contribution in [-0.4, -0.2) is 38.8 Å². The first-order chi connectivity index (χ1) is 15.8. The lowest BCUT2D eigenvalue weighted by molar-refractivity contribution is -0.187. The molecule has 7 heteroatoms. The molecule has 33 heavy (non-hydrogen) atoms. The molecule has 3 N–H and O–H groups in total. The fraction of sp³-hybridized carbons (Fsp3) is 0.231. The highest BCUT2D eigenvalue weighted by molar-refractivity contribution is 6.10. The zero-order valence-corrected chi connectivity index (χ0v) is 18.2. The Hall–Kier alpha value is -4.00. The number of hydrogen-bond donors (Lipinski definition) is 2. The normalized spacial score (nSPS) is 19.9. The van der Waals surface area contributed by atoms with E-state index in [-0.39, 0.29) is 24.6 Å². The van der Waals surface area contributed by atoms with Crippen molar-refractivity contribution >= 4 is 23.6 Å². The number of aromatic nitrogens is 1. The van der Waals surface area contributed by atoms with Gasteiger partial charge in [-0.05, 0) is 42.2 Å². The monoisotopic (exact) mass is 443 g/mol. The summed E-state index contributed by atoms with van der Waals surface area (Å²) in [5.74, 6) is -2.21. The van der Waals surface area contributed by atoms with Crippen LogP contribution in [0.1, 0.15) is 36.0 Å². The first-order valence-electron chi connectivity index (χ1n) is 10.7. The van der Waals surface area contributed by atoms with E-state index < -0.39 is 29.2 Å². The number of aliphatic carboxylic acids is 1. The fourth-order valence-electron chi connectivity index (χ4n) is 4.64. The first kappa shape index (κ1) is 22.2. The molecule has 2 amide bonds. The standard InChI is InChI=1S/C26H25N3O4/c1-26(16-17-12-13-28-21(27)14-17)23(24(31)32)29(25(26)33)22(30)15-20(18-8-4-2-5-9-18)19-10-6-3-7-11-19/h2-14,20,23H,15-16H2,1H3,(H2,27,28)(H,31,32)/t23-,26-/m1/s1. The summed E-state index contributed by atoms with van der Waals surface area (Å²) in [5, 5.41) is 9.92. The molecule has 4 rings (SSSR count). The van der Waals surface area contributed by atoms with Gasteiger partial charge in [0.15, 0.2) is 6.04 Å². The number of benzene rings is 2. The van der Waals surface area contributed by atoms with Crippen LogP contribution in [-0.2, 0) is 20.8 Å². The van der Waals surface area contributed by atoms with Crippen molar-refractivity contribution in [3.8, 4) is 0 Å². The quantitative estimate of drug-likeness (QED) is 0.542. The lowest BCUT2D eigenvalue weighted by Gasteiger charge is -2.51. The lowest BCUT2D eigenvalue weighted by atomic mass is 9.68. The van der Waals surface area contributed by atoms with Gasteiger partial charge in [-0.2, -0.15) is 0 Å². The molecule has 2 heterocycles. The molecule has 1 aliphatic heterocycles. The van der Waals surface area contributed by atoms with Crippen molar-refractivity contribution in [2.24, 2.45) is 5.41 Å². The number of β-lactam (4-membered cyclic amide) rings is 1. The SMILES string of the molecule is C[C@]1(Cc2ccnc(N)c2)C(=O)N(C(=O)CC(c2ccccc2)c2ccccc2)[C@@H]1C(=O)O. The number of carboxylic acid groups (broad SMARTS) is 1. The maximum absolute atomic E-state index is 13.3. The van der Waals surface area contributed by atoms with Gasteiger partial charge in [-0.1, -0.05) is 60.7 Å². The number of pyridine rings is 1. The Bertz CT molecular complexity index is 1140. The molecule has 168 valence electrons. The van der Waals surface area contributed by atoms with Crippen molar-refractivity contribution < 1.29 is 19.5 Å². The minimum absolute atomic E-state index is 0.0121. The number of imide groups is 1. The van der Waals surface area contributed by atoms with E-state index in [0.717, 1.165) is 16.0 Å². The van der Waals surface area contributed by atoms with E-state index in [4.69, 9.17) is 5.73 Å². The predicted molar refractivity (Wildman–Crippen MR) is 123 cm³/mol. The summed E-state index contributed by atoms with van der Waals surface area (Å²) >= 11 is 0. The Morgan fingerprint density at radius 3 is 2.15 bits per heavy atom. The van der Waals surface area contributed by atoms with E-state index in [2.05, 4.69) is 4.98 Å². The number of amides is 2. The van der Waals surface area contributed by atoms with Crippen LogP contribution in [0.2, 0.25) is 0 Å². The van der Waals surface area contributed by atoms with E-state index in [1.54, 1.807) is 19.1 Å². The minimum Gasteiger partial charge on any atom is -0.480 e. The van der Waals surface area contributed by atoms with Gasteiger partial charge in [0.25, 0.3) is 0 Å². The molecular weight excluding hydrogens is 418 g/mol. The van der Waals surface area contributed by atoms with Gasteiger partial charge in [0.05, 0.1) is 5.41 Å². The van der Waals surface area contributed by atoms with Gasteiger partial charge >= 0.3 is 5.97 Å². The topological polar surface area (TPSA) is 114 Å². The Morgan fingerprint density at radius 1 is 1.06 bits per heavy atom. The smallest absolute Gasteiger partial charge is 0.328 e. The van der Waals surface area contributed by atoms with Gasteiger partial charge in [0.1, 0.15) is 5.82 Å². The molecule has 0 bridgehead atoms. The lowest BCUT2D eigenvalue weighted by Crippen LogP contribution is -2.73. The number of carbonyl (C=O) groups excluding carboxylic acids is 2. The van der Waals surface area contributed by atoms with Gasteiger partial charge in [0.2, 0.25) is 11.8 Å². The fourth-order valence-corrected chi connectivity index (χ4v) is 4.64. The van der Waals surface area contributed by atoms with Crippen molar-refractivity contribution in [3.63, 3.8) is 0 Å². The van der Waals surface area contributed by atoms with E-state index in [0.29, 0.717) is 5.56 Å². The number of hydrogen-bond acceptors (Lipinski definition) is 5. The largest absolute Gasteiger partial charge is 0.480 e. The van der Waals surface area contributed by atoms with Crippen molar-refractivity contribution in [2.45, 2.75) is 31.7 Å². The van der Waals surface area contributed by atoms with Crippen LogP contribution in [0.3, 0.4) is 0 Å². The van der Waals surface area contributed by atoms with Crippen LogP contribution in [0.25, 0.3) is 0 Å². The van der Waals surface area contributed by atoms with Gasteiger partial charge in [-0.15, -0.1) is 0 Å². The van der Waals surface area contributed by atoms with E-state index in [1.807, 2.05) is 60.7 Å². The average molecular weight is 444 g/mol. The predicted octanol–water partition coefficient (Wildman–Crippen LogP) is 3.26. The molecule has 0 spiro atoms. The molecule has 0 radical (unpaired) electrons. The molecule has 0 unspecified atom stereocenters. The second kappa shape index (κ2) is 8.86. The second-order valence-electron chi connectivity index (χ2n) is 8.57. The Morgan fingerprint density at radius 2 is 1.64 bits per heavy atom. The average Bonchev–Trinajstić information content (AvgIpc) is 2.81. The molecule has 0 aliphatic carbocycles. The van der Waals surface area contributed by atoms with Gasteiger partial charge < -0.3 is 10.8 Å². The number of carboxylic acids is 1. The summed E-state index contributed by atoms with van der Waals surface area (Å²) in [6.45, 7) is 1.58.